The maximum Gasteiger partial charge on any atom is 0.419 e. The van der Waals surface area contributed by atoms with E-state index in [0.29, 0.717) is 0 Å². The lowest BCUT2D eigenvalue weighted by Crippen LogP contribution is -2.52. The van der Waals surface area contributed by atoms with Crippen molar-refractivity contribution in [2.45, 2.75) is 51.1 Å². The van der Waals surface area contributed by atoms with E-state index in [1.807, 2.05) is 121 Å². The van der Waals surface area contributed by atoms with Crippen LogP contribution in [0.5, 0.6) is 0 Å². The zero-order valence-electron chi connectivity index (χ0n) is 26.5. The third kappa shape index (κ3) is 12.6. The molecule has 0 amide bonds. The third-order valence-corrected chi connectivity index (χ3v) is 7.03. The Kier molecular flexibility index (Phi) is 15.7. The normalized spacial score (nSPS) is 13.6. The van der Waals surface area contributed by atoms with Crippen LogP contribution in [0, 0.1) is 0 Å². The van der Waals surface area contributed by atoms with Crippen molar-refractivity contribution in [1.29, 1.82) is 0 Å². The highest BCUT2D eigenvalue weighted by atomic mass is 16.7. The molecule has 0 fully saturated rings. The van der Waals surface area contributed by atoms with Gasteiger partial charge in [0, 0.05) is 0 Å². The van der Waals surface area contributed by atoms with Crippen molar-refractivity contribution in [2.24, 2.45) is 11.7 Å². The molecule has 0 spiro atoms. The molecule has 0 saturated heterocycles. The molecule has 0 heterocycles. The van der Waals surface area contributed by atoms with Crippen molar-refractivity contribution >= 4 is 11.9 Å². The molecule has 0 radical (unpaired) electrons. The highest BCUT2D eigenvalue weighted by Gasteiger charge is 2.33. The Hall–Kier alpha value is -4.50. The molecule has 48 heavy (non-hydrogen) atoms. The van der Waals surface area contributed by atoms with E-state index in [0.717, 1.165) is 22.3 Å². The first-order valence-electron chi connectivity index (χ1n) is 15.4. The summed E-state index contributed by atoms with van der Waals surface area (Å²) in [5, 5.41) is 0. The first-order chi connectivity index (χ1) is 23.6. The van der Waals surface area contributed by atoms with E-state index in [9.17, 15) is 9.59 Å². The topological polar surface area (TPSA) is 166 Å². The molecule has 0 aromatic heterocycles. The van der Waals surface area contributed by atoms with Crippen molar-refractivity contribution in [3.05, 3.63) is 144 Å². The molecule has 4 aromatic rings. The van der Waals surface area contributed by atoms with Gasteiger partial charge in [0.1, 0.15) is 12.1 Å². The fraction of sp³-hybridized carbons (Fsp3) is 0.278. The first-order valence-corrected chi connectivity index (χ1v) is 15.4. The van der Waals surface area contributed by atoms with Crippen LogP contribution < -0.4 is 22.5 Å². The van der Waals surface area contributed by atoms with Crippen molar-refractivity contribution < 1.29 is 38.0 Å². The maximum absolute atomic E-state index is 13.2. The first kappa shape index (κ1) is 36.3. The number of carbonyl (C=O) groups is 2. The average molecular weight is 659 g/mol. The molecule has 4 aromatic carbocycles. The molecule has 0 bridgehead atoms. The van der Waals surface area contributed by atoms with E-state index in [-0.39, 0.29) is 39.6 Å². The predicted octanol–water partition coefficient (Wildman–Crippen LogP) is 3.26. The largest absolute Gasteiger partial charge is 0.425 e. The van der Waals surface area contributed by atoms with Crippen LogP contribution in [-0.2, 0) is 64.4 Å². The van der Waals surface area contributed by atoms with Gasteiger partial charge in [0.05, 0.1) is 39.6 Å². The molecule has 12 nitrogen and oxygen atoms in total. The van der Waals surface area contributed by atoms with E-state index >= 15 is 0 Å². The van der Waals surface area contributed by atoms with Crippen molar-refractivity contribution in [3.63, 3.8) is 0 Å². The molecule has 6 N–H and O–H groups in total. The van der Waals surface area contributed by atoms with Crippen LogP contribution in [0.4, 0.5) is 0 Å². The van der Waals surface area contributed by atoms with Crippen molar-refractivity contribution in [3.8, 4) is 0 Å². The van der Waals surface area contributed by atoms with Crippen LogP contribution >= 0.6 is 0 Å². The van der Waals surface area contributed by atoms with Crippen LogP contribution in [0.3, 0.4) is 0 Å². The van der Waals surface area contributed by atoms with Gasteiger partial charge in [-0.3, -0.25) is 11.7 Å². The summed E-state index contributed by atoms with van der Waals surface area (Å²) in [7, 11) is 0. The number of benzene rings is 4. The minimum atomic E-state index is -1.33. The number of esters is 2. The maximum atomic E-state index is 13.2. The van der Waals surface area contributed by atoms with Crippen molar-refractivity contribution in [1.82, 2.24) is 10.9 Å². The molecular weight excluding hydrogens is 616 g/mol. The summed E-state index contributed by atoms with van der Waals surface area (Å²) in [4.78, 5) is 26.4. The summed E-state index contributed by atoms with van der Waals surface area (Å²) in [5.41, 5.74) is 8.62. The predicted molar refractivity (Wildman–Crippen MR) is 177 cm³/mol. The SMILES string of the molecule is NNC(COCc1ccccc1)C(OCc1ccccc1)OC(=O)C(=O)OC(OCc1ccccc1)C(COCc1ccccc1)NN. The summed E-state index contributed by atoms with van der Waals surface area (Å²) in [6.07, 6.45) is -2.65. The number of hydrogen-bond acceptors (Lipinski definition) is 12. The fourth-order valence-corrected chi connectivity index (χ4v) is 4.44. The fourth-order valence-electron chi connectivity index (χ4n) is 4.44. The van der Waals surface area contributed by atoms with Crippen LogP contribution in [0.25, 0.3) is 0 Å². The summed E-state index contributed by atoms with van der Waals surface area (Å²) in [5.74, 6) is 8.99. The molecule has 0 aliphatic heterocycles. The molecule has 4 atom stereocenters. The summed E-state index contributed by atoms with van der Waals surface area (Å²) in [6, 6.07) is 35.9. The third-order valence-electron chi connectivity index (χ3n) is 7.03. The molecule has 12 heteroatoms. The van der Waals surface area contributed by atoms with Gasteiger partial charge in [-0.25, -0.2) is 20.4 Å². The van der Waals surface area contributed by atoms with Gasteiger partial charge in [-0.2, -0.15) is 0 Å². The summed E-state index contributed by atoms with van der Waals surface area (Å²) < 4.78 is 34.5. The standard InChI is InChI=1S/C36H42N4O8/c37-39-31(25-43-21-27-13-5-1-6-14-27)35(45-23-29-17-9-3-10-18-29)47-33(41)34(42)48-36(46-24-30-19-11-4-12-20-30)32(40-38)26-44-22-28-15-7-2-8-16-28/h1-20,31-32,35-36,39-40H,21-26,37-38H2. The number of carbonyl (C=O) groups excluding carboxylic acids is 2. The molecule has 254 valence electrons. The Bertz CT molecular complexity index is 1360. The van der Waals surface area contributed by atoms with E-state index in [1.54, 1.807) is 0 Å². The Labute approximate surface area is 280 Å². The molecular formula is C36H42N4O8. The number of nitrogens with two attached hydrogens (primary N) is 2. The van der Waals surface area contributed by atoms with Crippen LogP contribution in [0.15, 0.2) is 121 Å². The molecule has 4 unspecified atom stereocenters. The van der Waals surface area contributed by atoms with Crippen molar-refractivity contribution in [2.75, 3.05) is 13.2 Å². The second-order valence-electron chi connectivity index (χ2n) is 10.7. The lowest BCUT2D eigenvalue weighted by molar-refractivity contribution is -0.215. The number of rotatable bonds is 20. The highest BCUT2D eigenvalue weighted by Crippen LogP contribution is 2.14. The second-order valence-corrected chi connectivity index (χ2v) is 10.7. The quantitative estimate of drug-likeness (QED) is 0.0361. The molecule has 0 saturated carbocycles. The van der Waals surface area contributed by atoms with Gasteiger partial charge in [-0.05, 0) is 22.3 Å². The van der Waals surface area contributed by atoms with E-state index in [1.165, 1.54) is 0 Å². The zero-order valence-corrected chi connectivity index (χ0v) is 26.5. The highest BCUT2D eigenvalue weighted by molar-refractivity contribution is 6.29. The Morgan fingerprint density at radius 3 is 1.06 bits per heavy atom. The Morgan fingerprint density at radius 2 is 0.771 bits per heavy atom. The van der Waals surface area contributed by atoms with Gasteiger partial charge in [0.2, 0.25) is 12.6 Å². The lowest BCUT2D eigenvalue weighted by atomic mass is 10.2. The number of hydrogen-bond donors (Lipinski definition) is 4. The Balaban J connectivity index is 1.42. The molecule has 0 aliphatic carbocycles. The van der Waals surface area contributed by atoms with E-state index in [2.05, 4.69) is 10.9 Å². The summed E-state index contributed by atoms with van der Waals surface area (Å²) in [6.45, 7) is 0.667. The van der Waals surface area contributed by atoms with Gasteiger partial charge in [0.25, 0.3) is 0 Å². The minimum Gasteiger partial charge on any atom is -0.425 e. The molecule has 4 rings (SSSR count). The lowest BCUT2D eigenvalue weighted by Gasteiger charge is -2.28. The van der Waals surface area contributed by atoms with E-state index in [4.69, 9.17) is 40.1 Å². The summed E-state index contributed by atoms with van der Waals surface area (Å²) >= 11 is 0. The van der Waals surface area contributed by atoms with Crippen LogP contribution in [-0.4, -0.2) is 49.8 Å². The number of ether oxygens (including phenoxy) is 6. The smallest absolute Gasteiger partial charge is 0.419 e. The van der Waals surface area contributed by atoms with Gasteiger partial charge in [-0.1, -0.05) is 121 Å². The zero-order chi connectivity index (χ0) is 33.8. The minimum absolute atomic E-state index is 0.00604. The van der Waals surface area contributed by atoms with Gasteiger partial charge >= 0.3 is 11.9 Å². The monoisotopic (exact) mass is 658 g/mol. The van der Waals surface area contributed by atoms with Gasteiger partial charge in [-0.15, -0.1) is 0 Å². The average Bonchev–Trinajstić information content (AvgIpc) is 3.14. The van der Waals surface area contributed by atoms with Crippen LogP contribution in [0.1, 0.15) is 22.3 Å². The van der Waals surface area contributed by atoms with Gasteiger partial charge < -0.3 is 28.4 Å². The van der Waals surface area contributed by atoms with Gasteiger partial charge in [0.15, 0.2) is 0 Å². The number of nitrogens with one attached hydrogen (secondary N) is 2. The Morgan fingerprint density at radius 1 is 0.479 bits per heavy atom. The molecule has 0 aliphatic rings. The second kappa shape index (κ2) is 20.7. The van der Waals surface area contributed by atoms with E-state index < -0.39 is 36.6 Å². The van der Waals surface area contributed by atoms with Crippen LogP contribution in [0.2, 0.25) is 0 Å². The number of hydrazine groups is 2.